The minimum Gasteiger partial charge on any atom is -0.320 e. The Bertz CT molecular complexity index is 354. The molecule has 0 atom stereocenters. The van der Waals surface area contributed by atoms with Crippen LogP contribution in [0, 0.1) is 0 Å². The largest absolute Gasteiger partial charge is 0.320 e. The van der Waals surface area contributed by atoms with Crippen LogP contribution in [0.5, 0.6) is 0 Å². The molecule has 1 rings (SSSR count). The zero-order valence-corrected chi connectivity index (χ0v) is 10.1. The van der Waals surface area contributed by atoms with E-state index in [-0.39, 0.29) is 0 Å². The van der Waals surface area contributed by atoms with Crippen LogP contribution in [0.3, 0.4) is 0 Å². The zero-order chi connectivity index (χ0) is 10.7. The van der Waals surface area contributed by atoms with Gasteiger partial charge >= 0.3 is 0 Å². The molecule has 0 spiro atoms. The van der Waals surface area contributed by atoms with Gasteiger partial charge in [0.25, 0.3) is 0 Å². The van der Waals surface area contributed by atoms with Crippen molar-refractivity contribution in [3.05, 3.63) is 53.3 Å². The first-order valence-corrected chi connectivity index (χ1v) is 5.18. The van der Waals surface area contributed by atoms with Crippen molar-refractivity contribution in [2.45, 2.75) is 13.8 Å². The van der Waals surface area contributed by atoms with Crippen molar-refractivity contribution >= 4 is 21.6 Å². The summed E-state index contributed by atoms with van der Waals surface area (Å²) in [5.74, 6) is 0. The number of halogens is 1. The van der Waals surface area contributed by atoms with Crippen LogP contribution in [0.4, 0.5) is 5.69 Å². The predicted molar refractivity (Wildman–Crippen MR) is 66.2 cm³/mol. The molecule has 0 aromatic heterocycles. The molecule has 0 saturated heterocycles. The van der Waals surface area contributed by atoms with Gasteiger partial charge in [0.05, 0.1) is 0 Å². The van der Waals surface area contributed by atoms with Crippen LogP contribution < -0.4 is 4.90 Å². The van der Waals surface area contributed by atoms with Gasteiger partial charge in [-0.1, -0.05) is 35.2 Å². The first-order valence-electron chi connectivity index (χ1n) is 4.39. The molecule has 14 heavy (non-hydrogen) atoms. The second-order valence-corrected chi connectivity index (χ2v) is 4.20. The maximum Gasteiger partial charge on any atom is 0.0465 e. The highest BCUT2D eigenvalue weighted by molar-refractivity contribution is 9.10. The summed E-state index contributed by atoms with van der Waals surface area (Å²) in [7, 11) is 0. The van der Waals surface area contributed by atoms with Crippen molar-refractivity contribution in [2.75, 3.05) is 4.90 Å². The molecular formula is C12H14BrN. The van der Waals surface area contributed by atoms with Crippen LogP contribution in [0.1, 0.15) is 13.8 Å². The second kappa shape index (κ2) is 4.47. The van der Waals surface area contributed by atoms with E-state index in [1.807, 2.05) is 43.0 Å². The van der Waals surface area contributed by atoms with Gasteiger partial charge in [-0.25, -0.2) is 0 Å². The van der Waals surface area contributed by atoms with Gasteiger partial charge in [0.1, 0.15) is 0 Å². The molecule has 2 heteroatoms. The summed E-state index contributed by atoms with van der Waals surface area (Å²) in [5.41, 5.74) is 3.02. The Morgan fingerprint density at radius 2 is 1.79 bits per heavy atom. The van der Waals surface area contributed by atoms with E-state index in [1.54, 1.807) is 0 Å². The molecule has 0 saturated carbocycles. The predicted octanol–water partition coefficient (Wildman–Crippen LogP) is 4.32. The SMILES string of the molecule is C=C(C)N(C(=C)C)c1cccc(Br)c1. The molecule has 0 fully saturated rings. The minimum absolute atomic E-state index is 0.968. The van der Waals surface area contributed by atoms with Crippen LogP contribution in [0.15, 0.2) is 53.3 Å². The van der Waals surface area contributed by atoms with Gasteiger partial charge < -0.3 is 4.90 Å². The van der Waals surface area contributed by atoms with E-state index in [2.05, 4.69) is 29.1 Å². The van der Waals surface area contributed by atoms with Crippen LogP contribution >= 0.6 is 15.9 Å². The van der Waals surface area contributed by atoms with E-state index in [4.69, 9.17) is 0 Å². The molecule has 1 aromatic carbocycles. The Kier molecular flexibility index (Phi) is 3.53. The smallest absolute Gasteiger partial charge is 0.0465 e. The third-order valence-electron chi connectivity index (χ3n) is 1.83. The Balaban J connectivity index is 3.12. The van der Waals surface area contributed by atoms with Crippen molar-refractivity contribution in [1.82, 2.24) is 0 Å². The molecule has 0 radical (unpaired) electrons. The molecule has 0 unspecified atom stereocenters. The highest BCUT2D eigenvalue weighted by Gasteiger charge is 2.07. The van der Waals surface area contributed by atoms with Gasteiger partial charge in [-0.05, 0) is 32.0 Å². The second-order valence-electron chi connectivity index (χ2n) is 3.29. The van der Waals surface area contributed by atoms with Gasteiger partial charge in [0.2, 0.25) is 0 Å². The molecule has 1 nitrogen and oxygen atoms in total. The van der Waals surface area contributed by atoms with E-state index in [0.717, 1.165) is 21.6 Å². The summed E-state index contributed by atoms with van der Waals surface area (Å²) in [6.07, 6.45) is 0. The fourth-order valence-corrected chi connectivity index (χ4v) is 1.77. The quantitative estimate of drug-likeness (QED) is 0.774. The normalized spacial score (nSPS) is 9.64. The molecule has 0 aliphatic rings. The number of allylic oxidation sites excluding steroid dienone is 2. The lowest BCUT2D eigenvalue weighted by atomic mass is 10.2. The molecular weight excluding hydrogens is 238 g/mol. The molecule has 1 aromatic rings. The standard InChI is InChI=1S/C12H14BrN/c1-9(2)14(10(3)4)12-7-5-6-11(13)8-12/h5-8H,1,3H2,2,4H3. The summed E-state index contributed by atoms with van der Waals surface area (Å²) < 4.78 is 1.06. The number of hydrogen-bond donors (Lipinski definition) is 0. The van der Waals surface area contributed by atoms with Gasteiger partial charge in [-0.2, -0.15) is 0 Å². The monoisotopic (exact) mass is 251 g/mol. The number of rotatable bonds is 3. The number of hydrogen-bond acceptors (Lipinski definition) is 1. The first kappa shape index (κ1) is 11.1. The Labute approximate surface area is 93.9 Å². The minimum atomic E-state index is 0.968. The molecule has 74 valence electrons. The lowest BCUT2D eigenvalue weighted by Crippen LogP contribution is -2.16. The molecule has 0 aliphatic carbocycles. The summed E-state index contributed by atoms with van der Waals surface area (Å²) in [6, 6.07) is 8.08. The Hall–Kier alpha value is -1.02. The van der Waals surface area contributed by atoms with Crippen molar-refractivity contribution in [1.29, 1.82) is 0 Å². The third-order valence-corrected chi connectivity index (χ3v) is 2.32. The van der Waals surface area contributed by atoms with E-state index < -0.39 is 0 Å². The summed E-state index contributed by atoms with van der Waals surface area (Å²) >= 11 is 3.44. The van der Waals surface area contributed by atoms with E-state index in [0.29, 0.717) is 0 Å². The molecule has 0 N–H and O–H groups in total. The number of benzene rings is 1. The summed E-state index contributed by atoms with van der Waals surface area (Å²) in [5, 5.41) is 0. The number of nitrogens with zero attached hydrogens (tertiary/aromatic N) is 1. The zero-order valence-electron chi connectivity index (χ0n) is 8.55. The van der Waals surface area contributed by atoms with Gasteiger partial charge in [0.15, 0.2) is 0 Å². The fourth-order valence-electron chi connectivity index (χ4n) is 1.38. The maximum atomic E-state index is 3.93. The van der Waals surface area contributed by atoms with E-state index in [9.17, 15) is 0 Å². The van der Waals surface area contributed by atoms with Crippen molar-refractivity contribution in [2.24, 2.45) is 0 Å². The van der Waals surface area contributed by atoms with Crippen molar-refractivity contribution < 1.29 is 0 Å². The Morgan fingerprint density at radius 1 is 1.21 bits per heavy atom. The molecule has 0 bridgehead atoms. The van der Waals surface area contributed by atoms with Crippen LogP contribution in [0.2, 0.25) is 0 Å². The van der Waals surface area contributed by atoms with E-state index in [1.165, 1.54) is 0 Å². The number of anilines is 1. The molecule has 0 heterocycles. The molecule has 0 amide bonds. The summed E-state index contributed by atoms with van der Waals surface area (Å²) in [4.78, 5) is 2.02. The Morgan fingerprint density at radius 3 is 2.21 bits per heavy atom. The first-order chi connectivity index (χ1) is 6.52. The van der Waals surface area contributed by atoms with Crippen molar-refractivity contribution in [3.63, 3.8) is 0 Å². The van der Waals surface area contributed by atoms with Gasteiger partial charge in [0, 0.05) is 21.6 Å². The maximum absolute atomic E-state index is 3.93. The third kappa shape index (κ3) is 2.48. The lowest BCUT2D eigenvalue weighted by molar-refractivity contribution is 1.08. The van der Waals surface area contributed by atoms with Crippen LogP contribution in [-0.2, 0) is 0 Å². The average molecular weight is 252 g/mol. The molecule has 0 aliphatic heterocycles. The highest BCUT2D eigenvalue weighted by atomic mass is 79.9. The van der Waals surface area contributed by atoms with Gasteiger partial charge in [-0.3, -0.25) is 0 Å². The van der Waals surface area contributed by atoms with Crippen LogP contribution in [0.25, 0.3) is 0 Å². The van der Waals surface area contributed by atoms with E-state index >= 15 is 0 Å². The highest BCUT2D eigenvalue weighted by Crippen LogP contribution is 2.25. The van der Waals surface area contributed by atoms with Gasteiger partial charge in [-0.15, -0.1) is 0 Å². The van der Waals surface area contributed by atoms with Crippen molar-refractivity contribution in [3.8, 4) is 0 Å². The fraction of sp³-hybridized carbons (Fsp3) is 0.167. The average Bonchev–Trinajstić information content (AvgIpc) is 2.02. The topological polar surface area (TPSA) is 3.24 Å². The summed E-state index contributed by atoms with van der Waals surface area (Å²) in [6.45, 7) is 11.8. The van der Waals surface area contributed by atoms with Crippen LogP contribution in [-0.4, -0.2) is 0 Å². The lowest BCUT2D eigenvalue weighted by Gasteiger charge is -2.24.